The first kappa shape index (κ1) is 11.4. The third kappa shape index (κ3) is 4.76. The molecule has 0 heterocycles. The van der Waals surface area contributed by atoms with E-state index in [-0.39, 0.29) is 0 Å². The van der Waals surface area contributed by atoms with Crippen molar-refractivity contribution in [2.75, 3.05) is 18.6 Å². The van der Waals surface area contributed by atoms with Gasteiger partial charge in [-0.2, -0.15) is 11.8 Å². The average Bonchev–Trinajstić information content (AvgIpc) is 1.87. The van der Waals surface area contributed by atoms with E-state index in [1.54, 1.807) is 11.8 Å². The molecule has 7 heteroatoms. The second-order valence-electron chi connectivity index (χ2n) is 1.85. The molecule has 0 aliphatic carbocycles. The number of thioether (sulfide) groups is 1. The average molecular weight is 214 g/mol. The van der Waals surface area contributed by atoms with Gasteiger partial charge in [0.25, 0.3) is 0 Å². The summed E-state index contributed by atoms with van der Waals surface area (Å²) in [4.78, 5) is 19.4. The summed E-state index contributed by atoms with van der Waals surface area (Å²) in [7, 11) is 0. The SMILES string of the molecule is CSCCN(C=O)P(N)(O)=S. The van der Waals surface area contributed by atoms with Gasteiger partial charge >= 0.3 is 0 Å². The van der Waals surface area contributed by atoms with Crippen molar-refractivity contribution in [3.05, 3.63) is 0 Å². The van der Waals surface area contributed by atoms with Crippen molar-refractivity contribution in [3.63, 3.8) is 0 Å². The Morgan fingerprint density at radius 1 is 1.91 bits per heavy atom. The topological polar surface area (TPSA) is 66.6 Å². The van der Waals surface area contributed by atoms with Gasteiger partial charge in [0.05, 0.1) is 0 Å². The number of rotatable bonds is 5. The Balaban J connectivity index is 3.97. The van der Waals surface area contributed by atoms with E-state index in [0.29, 0.717) is 13.0 Å². The lowest BCUT2D eigenvalue weighted by Gasteiger charge is -2.21. The minimum atomic E-state index is -3.02. The zero-order valence-corrected chi connectivity index (χ0v) is 8.66. The van der Waals surface area contributed by atoms with Gasteiger partial charge in [0.15, 0.2) is 0 Å². The maximum absolute atomic E-state index is 10.3. The van der Waals surface area contributed by atoms with Crippen LogP contribution in [-0.2, 0) is 16.6 Å². The van der Waals surface area contributed by atoms with Crippen LogP contribution >= 0.6 is 18.3 Å². The van der Waals surface area contributed by atoms with Crippen LogP contribution in [0.25, 0.3) is 0 Å². The molecule has 0 spiro atoms. The molecule has 0 fully saturated rings. The third-order valence-corrected chi connectivity index (χ3v) is 3.26. The van der Waals surface area contributed by atoms with Gasteiger partial charge in [-0.05, 0) is 18.1 Å². The maximum atomic E-state index is 10.3. The van der Waals surface area contributed by atoms with Crippen molar-refractivity contribution in [1.29, 1.82) is 0 Å². The van der Waals surface area contributed by atoms with E-state index in [0.717, 1.165) is 10.4 Å². The summed E-state index contributed by atoms with van der Waals surface area (Å²) in [5.74, 6) is 0.731. The Labute approximate surface area is 75.3 Å². The Bertz CT molecular complexity index is 171. The molecule has 0 saturated heterocycles. The maximum Gasteiger partial charge on any atom is 0.222 e. The zero-order valence-electron chi connectivity index (χ0n) is 6.14. The first-order valence-corrected chi connectivity index (χ1v) is 7.02. The van der Waals surface area contributed by atoms with E-state index < -0.39 is 6.57 Å². The molecule has 0 radical (unpaired) electrons. The van der Waals surface area contributed by atoms with Crippen molar-refractivity contribution in [1.82, 2.24) is 4.67 Å². The second-order valence-corrected chi connectivity index (χ2v) is 6.14. The molecule has 3 N–H and O–H groups in total. The minimum Gasteiger partial charge on any atom is -0.339 e. The van der Waals surface area contributed by atoms with E-state index in [4.69, 9.17) is 10.4 Å². The van der Waals surface area contributed by atoms with Crippen molar-refractivity contribution in [2.24, 2.45) is 5.50 Å². The van der Waals surface area contributed by atoms with E-state index >= 15 is 0 Å². The number of nitrogens with zero attached hydrogens (tertiary/aromatic N) is 1. The van der Waals surface area contributed by atoms with E-state index in [2.05, 4.69) is 11.8 Å². The molecule has 0 aromatic heterocycles. The molecule has 1 amide bonds. The molecule has 0 aromatic carbocycles. The molecule has 0 aliphatic rings. The molecule has 66 valence electrons. The van der Waals surface area contributed by atoms with Crippen LogP contribution < -0.4 is 5.50 Å². The van der Waals surface area contributed by atoms with Gasteiger partial charge in [0.1, 0.15) is 0 Å². The second kappa shape index (κ2) is 5.11. The van der Waals surface area contributed by atoms with Crippen LogP contribution in [0.5, 0.6) is 0 Å². The highest BCUT2D eigenvalue weighted by Crippen LogP contribution is 2.34. The number of carbonyl (C=O) groups is 1. The summed E-state index contributed by atoms with van der Waals surface area (Å²) in [5, 5.41) is 0. The van der Waals surface area contributed by atoms with E-state index in [9.17, 15) is 4.79 Å². The van der Waals surface area contributed by atoms with Crippen LogP contribution in [0.3, 0.4) is 0 Å². The molecule has 11 heavy (non-hydrogen) atoms. The Morgan fingerprint density at radius 3 is 2.73 bits per heavy atom. The van der Waals surface area contributed by atoms with Gasteiger partial charge < -0.3 is 4.89 Å². The molecule has 1 atom stereocenters. The molecule has 0 saturated carbocycles. The number of carbonyl (C=O) groups excluding carboxylic acids is 1. The first-order valence-electron chi connectivity index (χ1n) is 2.85. The Hall–Kier alpha value is 0.390. The van der Waals surface area contributed by atoms with Gasteiger partial charge in [0, 0.05) is 12.3 Å². The lowest BCUT2D eigenvalue weighted by molar-refractivity contribution is -0.114. The summed E-state index contributed by atoms with van der Waals surface area (Å²) in [6.07, 6.45) is 2.40. The fourth-order valence-corrected chi connectivity index (χ4v) is 1.84. The van der Waals surface area contributed by atoms with Crippen LogP contribution in [0.15, 0.2) is 0 Å². The lowest BCUT2D eigenvalue weighted by Crippen LogP contribution is -2.24. The highest BCUT2D eigenvalue weighted by Gasteiger charge is 2.14. The van der Waals surface area contributed by atoms with Gasteiger partial charge in [-0.3, -0.25) is 15.0 Å². The third-order valence-electron chi connectivity index (χ3n) is 1.01. The molecule has 0 aromatic rings. The van der Waals surface area contributed by atoms with Crippen LogP contribution in [-0.4, -0.2) is 34.5 Å². The Morgan fingerprint density at radius 2 is 2.45 bits per heavy atom. The summed E-state index contributed by atoms with van der Waals surface area (Å²) in [5.41, 5.74) is 5.20. The summed E-state index contributed by atoms with van der Waals surface area (Å²) in [6.45, 7) is -2.61. The van der Waals surface area contributed by atoms with Gasteiger partial charge in [0.2, 0.25) is 13.0 Å². The molecule has 0 bridgehead atoms. The van der Waals surface area contributed by atoms with Crippen molar-refractivity contribution >= 4 is 36.5 Å². The van der Waals surface area contributed by atoms with Gasteiger partial charge in [-0.15, -0.1) is 0 Å². The van der Waals surface area contributed by atoms with Gasteiger partial charge in [-0.25, -0.2) is 0 Å². The van der Waals surface area contributed by atoms with Crippen LogP contribution in [0.2, 0.25) is 0 Å². The van der Waals surface area contributed by atoms with Gasteiger partial charge in [-0.1, -0.05) is 0 Å². The fraction of sp³-hybridized carbons (Fsp3) is 0.750. The largest absolute Gasteiger partial charge is 0.339 e. The molecule has 1 unspecified atom stereocenters. The van der Waals surface area contributed by atoms with E-state index in [1.807, 2.05) is 6.26 Å². The van der Waals surface area contributed by atoms with Crippen LogP contribution in [0, 0.1) is 0 Å². The van der Waals surface area contributed by atoms with Crippen LogP contribution in [0.4, 0.5) is 0 Å². The normalized spacial score (nSPS) is 15.5. The number of hydrogen-bond acceptors (Lipinski definition) is 3. The predicted octanol–water partition coefficient (Wildman–Crippen LogP) is -0.0167. The number of nitrogens with two attached hydrogens (primary N) is 1. The first-order chi connectivity index (χ1) is 5.02. The highest BCUT2D eigenvalue weighted by atomic mass is 32.4. The standard InChI is InChI=1S/C4H11N2O2PS2/c1-11-3-2-6(4-7)9(5,8)10/h4H,2-3H2,1H3,(H3,5,8,10). The van der Waals surface area contributed by atoms with Crippen molar-refractivity contribution in [2.45, 2.75) is 0 Å². The van der Waals surface area contributed by atoms with Crippen molar-refractivity contribution < 1.29 is 9.69 Å². The number of amides is 1. The van der Waals surface area contributed by atoms with E-state index in [1.165, 1.54) is 0 Å². The van der Waals surface area contributed by atoms with Crippen LogP contribution in [0.1, 0.15) is 0 Å². The fourth-order valence-electron chi connectivity index (χ4n) is 0.448. The summed E-state index contributed by atoms with van der Waals surface area (Å²) in [6, 6.07) is 0. The smallest absolute Gasteiger partial charge is 0.222 e. The molecule has 4 nitrogen and oxygen atoms in total. The highest BCUT2D eigenvalue weighted by molar-refractivity contribution is 8.09. The summed E-state index contributed by atoms with van der Waals surface area (Å²) < 4.78 is 1.08. The minimum absolute atomic E-state index is 0.412. The summed E-state index contributed by atoms with van der Waals surface area (Å²) >= 11 is 6.11. The molecule has 0 aliphatic heterocycles. The quantitative estimate of drug-likeness (QED) is 0.497. The molecular formula is C4H11N2O2PS2. The lowest BCUT2D eigenvalue weighted by atomic mass is 10.8. The monoisotopic (exact) mass is 214 g/mol. The Kier molecular flexibility index (Phi) is 5.29. The zero-order chi connectivity index (χ0) is 8.91. The molecule has 0 rings (SSSR count). The predicted molar refractivity (Wildman–Crippen MR) is 51.8 cm³/mol. The molecular weight excluding hydrogens is 203 g/mol. The number of hydrogen-bond donors (Lipinski definition) is 2. The van der Waals surface area contributed by atoms with Crippen molar-refractivity contribution in [3.8, 4) is 0 Å².